The van der Waals surface area contributed by atoms with E-state index in [1.54, 1.807) is 19.2 Å². The minimum absolute atomic E-state index is 0.231. The van der Waals surface area contributed by atoms with Crippen molar-refractivity contribution in [3.8, 4) is 11.5 Å². The highest BCUT2D eigenvalue weighted by Gasteiger charge is 2.11. The van der Waals surface area contributed by atoms with Crippen molar-refractivity contribution < 1.29 is 13.9 Å². The molecule has 0 unspecified atom stereocenters. The van der Waals surface area contributed by atoms with Gasteiger partial charge in [-0.25, -0.2) is 4.39 Å². The predicted octanol–water partition coefficient (Wildman–Crippen LogP) is 2.50. The van der Waals surface area contributed by atoms with Crippen LogP contribution >= 0.6 is 0 Å². The van der Waals surface area contributed by atoms with E-state index in [4.69, 9.17) is 9.47 Å². The van der Waals surface area contributed by atoms with Gasteiger partial charge in [-0.3, -0.25) is 4.99 Å². The molecule has 0 bridgehead atoms. The molecule has 0 aliphatic carbocycles. The molecule has 6 heteroatoms. The van der Waals surface area contributed by atoms with Crippen molar-refractivity contribution in [2.75, 3.05) is 26.8 Å². The van der Waals surface area contributed by atoms with E-state index in [1.165, 1.54) is 17.7 Å². The zero-order valence-electron chi connectivity index (χ0n) is 14.2. The topological polar surface area (TPSA) is 54.9 Å². The summed E-state index contributed by atoms with van der Waals surface area (Å²) in [5.74, 6) is 2.09. The summed E-state index contributed by atoms with van der Waals surface area (Å²) in [6.07, 6.45) is 0.841. The molecule has 0 saturated heterocycles. The van der Waals surface area contributed by atoms with Crippen LogP contribution in [0, 0.1) is 5.82 Å². The van der Waals surface area contributed by atoms with E-state index in [0.717, 1.165) is 30.0 Å². The van der Waals surface area contributed by atoms with E-state index in [9.17, 15) is 4.39 Å². The Morgan fingerprint density at radius 2 is 1.72 bits per heavy atom. The minimum Gasteiger partial charge on any atom is -0.486 e. The zero-order valence-corrected chi connectivity index (χ0v) is 14.2. The largest absolute Gasteiger partial charge is 0.486 e. The maximum absolute atomic E-state index is 12.9. The Morgan fingerprint density at radius 3 is 2.48 bits per heavy atom. The molecule has 0 spiro atoms. The number of aliphatic imine (C=N–C) groups is 1. The lowest BCUT2D eigenvalue weighted by Gasteiger charge is -2.19. The van der Waals surface area contributed by atoms with E-state index in [0.29, 0.717) is 25.7 Å². The molecule has 132 valence electrons. The first kappa shape index (κ1) is 17.1. The number of fused-ring (bicyclic) bond motifs is 1. The van der Waals surface area contributed by atoms with E-state index in [-0.39, 0.29) is 5.82 Å². The highest BCUT2D eigenvalue weighted by molar-refractivity contribution is 5.79. The molecule has 2 N–H and O–H groups in total. The molecule has 0 aromatic heterocycles. The van der Waals surface area contributed by atoms with Crippen LogP contribution in [0.2, 0.25) is 0 Å². The van der Waals surface area contributed by atoms with Gasteiger partial charge in [0.2, 0.25) is 0 Å². The van der Waals surface area contributed by atoms with Crippen LogP contribution in [0.15, 0.2) is 47.5 Å². The first-order chi connectivity index (χ1) is 12.2. The van der Waals surface area contributed by atoms with Crippen molar-refractivity contribution in [3.63, 3.8) is 0 Å². The van der Waals surface area contributed by atoms with Crippen LogP contribution in [0.25, 0.3) is 0 Å². The summed E-state index contributed by atoms with van der Waals surface area (Å²) in [4.78, 5) is 4.20. The SMILES string of the molecule is CN=C(NCCc1ccc2c(c1)OCCO2)NCc1ccc(F)cc1. The third-order valence-corrected chi connectivity index (χ3v) is 3.91. The first-order valence-electron chi connectivity index (χ1n) is 8.32. The maximum Gasteiger partial charge on any atom is 0.191 e. The highest BCUT2D eigenvalue weighted by atomic mass is 19.1. The number of hydrogen-bond acceptors (Lipinski definition) is 3. The third-order valence-electron chi connectivity index (χ3n) is 3.91. The van der Waals surface area contributed by atoms with Crippen molar-refractivity contribution in [2.24, 2.45) is 4.99 Å². The Morgan fingerprint density at radius 1 is 1.00 bits per heavy atom. The van der Waals surface area contributed by atoms with Crippen molar-refractivity contribution in [1.82, 2.24) is 10.6 Å². The second kappa shape index (κ2) is 8.37. The summed E-state index contributed by atoms with van der Waals surface area (Å²) in [6, 6.07) is 12.4. The van der Waals surface area contributed by atoms with Crippen LogP contribution in [0.3, 0.4) is 0 Å². The normalized spacial score (nSPS) is 13.4. The molecule has 1 aliphatic rings. The quantitative estimate of drug-likeness (QED) is 0.647. The second-order valence-corrected chi connectivity index (χ2v) is 5.71. The van der Waals surface area contributed by atoms with Gasteiger partial charge in [0.25, 0.3) is 0 Å². The predicted molar refractivity (Wildman–Crippen MR) is 95.7 cm³/mol. The first-order valence-corrected chi connectivity index (χ1v) is 8.32. The molecule has 3 rings (SSSR count). The summed E-state index contributed by atoms with van der Waals surface area (Å²) in [7, 11) is 1.73. The fourth-order valence-electron chi connectivity index (χ4n) is 2.58. The van der Waals surface area contributed by atoms with Gasteiger partial charge >= 0.3 is 0 Å². The molecule has 0 fully saturated rings. The monoisotopic (exact) mass is 343 g/mol. The van der Waals surface area contributed by atoms with E-state index in [2.05, 4.69) is 15.6 Å². The summed E-state index contributed by atoms with van der Waals surface area (Å²) >= 11 is 0. The van der Waals surface area contributed by atoms with Crippen LogP contribution in [-0.4, -0.2) is 32.8 Å². The van der Waals surface area contributed by atoms with Gasteiger partial charge in [-0.1, -0.05) is 18.2 Å². The van der Waals surface area contributed by atoms with Crippen molar-refractivity contribution in [1.29, 1.82) is 0 Å². The Hall–Kier alpha value is -2.76. The van der Waals surface area contributed by atoms with Crippen LogP contribution in [0.4, 0.5) is 4.39 Å². The van der Waals surface area contributed by atoms with Gasteiger partial charge in [-0.05, 0) is 41.8 Å². The fourth-order valence-corrected chi connectivity index (χ4v) is 2.58. The molecule has 2 aromatic rings. The van der Waals surface area contributed by atoms with Gasteiger partial charge in [0, 0.05) is 20.1 Å². The lowest BCUT2D eigenvalue weighted by molar-refractivity contribution is 0.171. The zero-order chi connectivity index (χ0) is 17.5. The van der Waals surface area contributed by atoms with Gasteiger partial charge in [-0.15, -0.1) is 0 Å². The molecular weight excluding hydrogens is 321 g/mol. The van der Waals surface area contributed by atoms with Crippen LogP contribution < -0.4 is 20.1 Å². The van der Waals surface area contributed by atoms with Gasteiger partial charge in [0.15, 0.2) is 17.5 Å². The number of ether oxygens (including phenoxy) is 2. The molecule has 0 saturated carbocycles. The summed E-state index contributed by atoms with van der Waals surface area (Å²) in [5.41, 5.74) is 2.17. The number of guanidine groups is 1. The average molecular weight is 343 g/mol. The third kappa shape index (κ3) is 4.86. The molecular formula is C19H22FN3O2. The van der Waals surface area contributed by atoms with Crippen LogP contribution in [0.1, 0.15) is 11.1 Å². The van der Waals surface area contributed by atoms with E-state index < -0.39 is 0 Å². The molecule has 0 amide bonds. The molecule has 1 heterocycles. The second-order valence-electron chi connectivity index (χ2n) is 5.71. The number of nitrogens with one attached hydrogen (secondary N) is 2. The Bertz CT molecular complexity index is 732. The van der Waals surface area contributed by atoms with Crippen molar-refractivity contribution in [3.05, 3.63) is 59.4 Å². The highest BCUT2D eigenvalue weighted by Crippen LogP contribution is 2.30. The number of rotatable bonds is 5. The van der Waals surface area contributed by atoms with Crippen molar-refractivity contribution >= 4 is 5.96 Å². The maximum atomic E-state index is 12.9. The standard InChI is InChI=1S/C19H22FN3O2/c1-21-19(23-13-15-2-5-16(20)6-3-15)22-9-8-14-4-7-17-18(12-14)25-11-10-24-17/h2-7,12H,8-11,13H2,1H3,(H2,21,22,23). The summed E-state index contributed by atoms with van der Waals surface area (Å²) < 4.78 is 24.0. The molecule has 0 atom stereocenters. The molecule has 0 radical (unpaired) electrons. The fraction of sp³-hybridized carbons (Fsp3) is 0.316. The summed E-state index contributed by atoms with van der Waals surface area (Å²) in [6.45, 7) is 2.52. The molecule has 2 aromatic carbocycles. The number of hydrogen-bond donors (Lipinski definition) is 2. The Balaban J connectivity index is 1.46. The Kier molecular flexibility index (Phi) is 5.72. The number of nitrogens with zero attached hydrogens (tertiary/aromatic N) is 1. The van der Waals surface area contributed by atoms with E-state index in [1.807, 2.05) is 18.2 Å². The lowest BCUT2D eigenvalue weighted by atomic mass is 10.1. The van der Waals surface area contributed by atoms with Gasteiger partial charge in [0.05, 0.1) is 0 Å². The van der Waals surface area contributed by atoms with Crippen LogP contribution in [-0.2, 0) is 13.0 Å². The summed E-state index contributed by atoms with van der Waals surface area (Å²) in [5, 5.41) is 6.49. The van der Waals surface area contributed by atoms with Gasteiger partial charge < -0.3 is 20.1 Å². The Labute approximate surface area is 146 Å². The smallest absolute Gasteiger partial charge is 0.191 e. The van der Waals surface area contributed by atoms with Crippen molar-refractivity contribution in [2.45, 2.75) is 13.0 Å². The van der Waals surface area contributed by atoms with Crippen LogP contribution in [0.5, 0.6) is 11.5 Å². The number of halogens is 1. The average Bonchev–Trinajstić information content (AvgIpc) is 2.65. The van der Waals surface area contributed by atoms with E-state index >= 15 is 0 Å². The molecule has 25 heavy (non-hydrogen) atoms. The van der Waals surface area contributed by atoms with Gasteiger partial charge in [-0.2, -0.15) is 0 Å². The van der Waals surface area contributed by atoms with Gasteiger partial charge in [0.1, 0.15) is 19.0 Å². The number of benzene rings is 2. The minimum atomic E-state index is -0.231. The molecule has 1 aliphatic heterocycles. The molecule has 5 nitrogen and oxygen atoms in total. The lowest BCUT2D eigenvalue weighted by Crippen LogP contribution is -2.37.